The Morgan fingerprint density at radius 2 is 2.00 bits per heavy atom. The predicted octanol–water partition coefficient (Wildman–Crippen LogP) is 1.65. The Bertz CT molecular complexity index is 299. The van der Waals surface area contributed by atoms with Crippen molar-refractivity contribution in [3.8, 4) is 0 Å². The molecule has 2 heteroatoms. The van der Waals surface area contributed by atoms with Crippen LogP contribution in [-0.4, -0.2) is 17.0 Å². The van der Waals surface area contributed by atoms with Gasteiger partial charge in [0.1, 0.15) is 6.10 Å². The summed E-state index contributed by atoms with van der Waals surface area (Å²) in [4.78, 5) is 11.0. The summed E-state index contributed by atoms with van der Waals surface area (Å²) in [5.74, 6) is -0.274. The number of aliphatic hydroxyl groups excluding tert-OH is 1. The van der Waals surface area contributed by atoms with Crippen molar-refractivity contribution in [2.24, 2.45) is 0 Å². The second-order valence-electron chi connectivity index (χ2n) is 2.82. The quantitative estimate of drug-likeness (QED) is 0.711. The van der Waals surface area contributed by atoms with Crippen LogP contribution in [0.2, 0.25) is 0 Å². The molecule has 0 aromatic heterocycles. The van der Waals surface area contributed by atoms with Crippen molar-refractivity contribution >= 4 is 11.9 Å². The highest BCUT2D eigenvalue weighted by molar-refractivity contribution is 5.96. The van der Waals surface area contributed by atoms with Crippen LogP contribution in [0.15, 0.2) is 36.4 Å². The Balaban J connectivity index is 2.64. The molecule has 1 aromatic carbocycles. The summed E-state index contributed by atoms with van der Waals surface area (Å²) in [7, 11) is 0. The third-order valence-corrected chi connectivity index (χ3v) is 1.65. The first kappa shape index (κ1) is 9.68. The number of hydrogen-bond acceptors (Lipinski definition) is 2. The molecule has 0 aliphatic rings. The Kier molecular flexibility index (Phi) is 3.41. The van der Waals surface area contributed by atoms with Crippen molar-refractivity contribution in [1.82, 2.24) is 0 Å². The van der Waals surface area contributed by atoms with E-state index in [-0.39, 0.29) is 5.78 Å². The van der Waals surface area contributed by atoms with Gasteiger partial charge in [0.2, 0.25) is 0 Å². The zero-order chi connectivity index (χ0) is 9.68. The predicted molar refractivity (Wildman–Crippen MR) is 52.2 cm³/mol. The zero-order valence-electron chi connectivity index (χ0n) is 7.47. The van der Waals surface area contributed by atoms with E-state index >= 15 is 0 Å². The molecule has 2 nitrogen and oxygen atoms in total. The number of hydrogen-bond donors (Lipinski definition) is 1. The van der Waals surface area contributed by atoms with E-state index in [4.69, 9.17) is 5.11 Å². The maximum absolute atomic E-state index is 11.0. The molecule has 0 spiro atoms. The highest BCUT2D eigenvalue weighted by Gasteiger charge is 2.02. The summed E-state index contributed by atoms with van der Waals surface area (Å²) in [5, 5.41) is 8.90. The van der Waals surface area contributed by atoms with E-state index in [1.54, 1.807) is 6.08 Å². The second-order valence-corrected chi connectivity index (χ2v) is 2.82. The summed E-state index contributed by atoms with van der Waals surface area (Å²) in [6.45, 7) is 1.46. The molecule has 0 saturated carbocycles. The van der Waals surface area contributed by atoms with Crippen molar-refractivity contribution in [2.45, 2.75) is 13.0 Å². The highest BCUT2D eigenvalue weighted by Crippen LogP contribution is 2.01. The number of rotatable bonds is 3. The van der Waals surface area contributed by atoms with Crippen LogP contribution in [0.3, 0.4) is 0 Å². The van der Waals surface area contributed by atoms with Gasteiger partial charge in [-0.25, -0.2) is 0 Å². The van der Waals surface area contributed by atoms with Gasteiger partial charge in [-0.05, 0) is 18.6 Å². The molecule has 0 bridgehead atoms. The number of carbonyl (C=O) groups is 1. The van der Waals surface area contributed by atoms with Crippen LogP contribution >= 0.6 is 0 Å². The minimum atomic E-state index is -0.917. The molecule has 0 radical (unpaired) electrons. The molecule has 0 fully saturated rings. The van der Waals surface area contributed by atoms with Crippen molar-refractivity contribution in [3.05, 3.63) is 42.0 Å². The molecule has 1 aromatic rings. The number of carbonyl (C=O) groups excluding carboxylic acids is 1. The van der Waals surface area contributed by atoms with Gasteiger partial charge in [-0.1, -0.05) is 36.4 Å². The Labute approximate surface area is 77.5 Å². The van der Waals surface area contributed by atoms with Crippen molar-refractivity contribution in [2.75, 3.05) is 0 Å². The SMILES string of the molecule is CC(O)C(=O)C=Cc1ccccc1. The lowest BCUT2D eigenvalue weighted by atomic mass is 10.1. The lowest BCUT2D eigenvalue weighted by molar-refractivity contribution is -0.121. The van der Waals surface area contributed by atoms with Crippen LogP contribution in [0.25, 0.3) is 6.08 Å². The summed E-state index contributed by atoms with van der Waals surface area (Å²) in [6.07, 6.45) is 2.16. The molecule has 1 rings (SSSR count). The normalized spacial score (nSPS) is 13.1. The van der Waals surface area contributed by atoms with E-state index in [2.05, 4.69) is 0 Å². The van der Waals surface area contributed by atoms with E-state index in [0.29, 0.717) is 0 Å². The highest BCUT2D eigenvalue weighted by atomic mass is 16.3. The van der Waals surface area contributed by atoms with Gasteiger partial charge < -0.3 is 5.11 Å². The monoisotopic (exact) mass is 176 g/mol. The maximum atomic E-state index is 11.0. The first-order valence-corrected chi connectivity index (χ1v) is 4.15. The van der Waals surface area contributed by atoms with Gasteiger partial charge >= 0.3 is 0 Å². The van der Waals surface area contributed by atoms with E-state index < -0.39 is 6.10 Å². The van der Waals surface area contributed by atoms with Gasteiger partial charge in [0.15, 0.2) is 5.78 Å². The Morgan fingerprint density at radius 1 is 1.38 bits per heavy atom. The summed E-state index contributed by atoms with van der Waals surface area (Å²) >= 11 is 0. The summed E-state index contributed by atoms with van der Waals surface area (Å²) in [6, 6.07) is 9.49. The average Bonchev–Trinajstić information content (AvgIpc) is 2.15. The van der Waals surface area contributed by atoms with Crippen LogP contribution in [0.1, 0.15) is 12.5 Å². The molecule has 0 aliphatic heterocycles. The van der Waals surface area contributed by atoms with Gasteiger partial charge in [-0.3, -0.25) is 4.79 Å². The number of aliphatic hydroxyl groups is 1. The standard InChI is InChI=1S/C11H12O2/c1-9(12)11(13)8-7-10-5-3-2-4-6-10/h2-9,12H,1H3. The summed E-state index contributed by atoms with van der Waals surface area (Å²) in [5.41, 5.74) is 0.955. The molecular weight excluding hydrogens is 164 g/mol. The molecule has 13 heavy (non-hydrogen) atoms. The Hall–Kier alpha value is -1.41. The van der Waals surface area contributed by atoms with Gasteiger partial charge in [-0.2, -0.15) is 0 Å². The largest absolute Gasteiger partial charge is 0.385 e. The fourth-order valence-corrected chi connectivity index (χ4v) is 0.882. The lowest BCUT2D eigenvalue weighted by Crippen LogP contribution is -2.12. The molecule has 1 atom stereocenters. The summed E-state index contributed by atoms with van der Waals surface area (Å²) < 4.78 is 0. The minimum absolute atomic E-state index is 0.274. The van der Waals surface area contributed by atoms with E-state index in [9.17, 15) is 4.79 Å². The van der Waals surface area contributed by atoms with E-state index in [1.807, 2.05) is 30.3 Å². The van der Waals surface area contributed by atoms with Crippen LogP contribution in [0.5, 0.6) is 0 Å². The minimum Gasteiger partial charge on any atom is -0.385 e. The molecule has 0 heterocycles. The lowest BCUT2D eigenvalue weighted by Gasteiger charge is -1.96. The van der Waals surface area contributed by atoms with Crippen LogP contribution in [-0.2, 0) is 4.79 Å². The number of ketones is 1. The Morgan fingerprint density at radius 3 is 2.54 bits per heavy atom. The molecule has 0 saturated heterocycles. The molecular formula is C11H12O2. The molecule has 0 aliphatic carbocycles. The van der Waals surface area contributed by atoms with Gasteiger partial charge in [-0.15, -0.1) is 0 Å². The van der Waals surface area contributed by atoms with Gasteiger partial charge in [0.25, 0.3) is 0 Å². The third-order valence-electron chi connectivity index (χ3n) is 1.65. The van der Waals surface area contributed by atoms with Crippen LogP contribution < -0.4 is 0 Å². The first-order valence-electron chi connectivity index (χ1n) is 4.15. The zero-order valence-corrected chi connectivity index (χ0v) is 7.47. The second kappa shape index (κ2) is 4.58. The fourth-order valence-electron chi connectivity index (χ4n) is 0.882. The fraction of sp³-hybridized carbons (Fsp3) is 0.182. The molecule has 68 valence electrons. The van der Waals surface area contributed by atoms with Gasteiger partial charge in [0, 0.05) is 0 Å². The van der Waals surface area contributed by atoms with E-state index in [1.165, 1.54) is 13.0 Å². The van der Waals surface area contributed by atoms with Gasteiger partial charge in [0.05, 0.1) is 0 Å². The van der Waals surface area contributed by atoms with E-state index in [0.717, 1.165) is 5.56 Å². The third kappa shape index (κ3) is 3.22. The maximum Gasteiger partial charge on any atom is 0.183 e. The molecule has 1 N–H and O–H groups in total. The topological polar surface area (TPSA) is 37.3 Å². The molecule has 1 unspecified atom stereocenters. The van der Waals surface area contributed by atoms with Crippen molar-refractivity contribution in [3.63, 3.8) is 0 Å². The van der Waals surface area contributed by atoms with Crippen molar-refractivity contribution < 1.29 is 9.90 Å². The van der Waals surface area contributed by atoms with Crippen LogP contribution in [0.4, 0.5) is 0 Å². The van der Waals surface area contributed by atoms with Crippen LogP contribution in [0, 0.1) is 0 Å². The first-order chi connectivity index (χ1) is 6.20. The smallest absolute Gasteiger partial charge is 0.183 e. The number of benzene rings is 1. The van der Waals surface area contributed by atoms with Crippen molar-refractivity contribution in [1.29, 1.82) is 0 Å². The molecule has 0 amide bonds. The average molecular weight is 176 g/mol.